The molecule has 0 aliphatic carbocycles. The van der Waals surface area contributed by atoms with Crippen molar-refractivity contribution in [3.8, 4) is 5.75 Å². The van der Waals surface area contributed by atoms with E-state index in [4.69, 9.17) is 23.2 Å². The van der Waals surface area contributed by atoms with Crippen LogP contribution in [0.1, 0.15) is 11.6 Å². The van der Waals surface area contributed by atoms with E-state index >= 15 is 0 Å². The standard InChI is InChI=1S/C13H16Cl2N2O.2ClH/c1-2-12(17-5-3-16-4-6-17)10-7-9(14)8-11(15)13(10)18;;/h2,7-8,12,16,18H,1,3-6H2;2*1H/t12-;;/m0../s1. The van der Waals surface area contributed by atoms with Crippen molar-refractivity contribution < 1.29 is 5.11 Å². The molecular weight excluding hydrogens is 342 g/mol. The van der Waals surface area contributed by atoms with Crippen LogP contribution >= 0.6 is 48.0 Å². The Labute approximate surface area is 141 Å². The van der Waals surface area contributed by atoms with Gasteiger partial charge in [0.1, 0.15) is 5.75 Å². The van der Waals surface area contributed by atoms with Crippen LogP contribution in [0.3, 0.4) is 0 Å². The Morgan fingerprint density at radius 3 is 2.40 bits per heavy atom. The normalized spacial score (nSPS) is 16.7. The van der Waals surface area contributed by atoms with E-state index in [1.54, 1.807) is 12.1 Å². The van der Waals surface area contributed by atoms with Crippen LogP contribution in [0.5, 0.6) is 5.75 Å². The fraction of sp³-hybridized carbons (Fsp3) is 0.385. The third-order valence-electron chi connectivity index (χ3n) is 3.14. The number of hydrogen-bond donors (Lipinski definition) is 2. The first-order chi connectivity index (χ1) is 8.63. The van der Waals surface area contributed by atoms with Gasteiger partial charge in [-0.3, -0.25) is 4.90 Å². The number of nitrogens with one attached hydrogen (secondary N) is 1. The number of rotatable bonds is 3. The molecule has 0 bridgehead atoms. The zero-order valence-electron chi connectivity index (χ0n) is 10.8. The minimum absolute atomic E-state index is 0. The Bertz CT molecular complexity index is 450. The molecule has 1 saturated heterocycles. The molecule has 1 aromatic carbocycles. The lowest BCUT2D eigenvalue weighted by molar-refractivity contribution is 0.201. The van der Waals surface area contributed by atoms with E-state index in [0.717, 1.165) is 26.2 Å². The zero-order valence-corrected chi connectivity index (χ0v) is 14.0. The minimum atomic E-state index is -0.0664. The number of phenols is 1. The molecular formula is C13H18Cl4N2O. The summed E-state index contributed by atoms with van der Waals surface area (Å²) in [5.41, 5.74) is 0.712. The third kappa shape index (κ3) is 4.42. The third-order valence-corrected chi connectivity index (χ3v) is 3.65. The van der Waals surface area contributed by atoms with Crippen molar-refractivity contribution in [2.75, 3.05) is 26.2 Å². The predicted octanol–water partition coefficient (Wildman–Crippen LogP) is 3.67. The van der Waals surface area contributed by atoms with Gasteiger partial charge in [0.25, 0.3) is 0 Å². The van der Waals surface area contributed by atoms with E-state index in [-0.39, 0.29) is 41.6 Å². The molecule has 2 N–H and O–H groups in total. The minimum Gasteiger partial charge on any atom is -0.506 e. The summed E-state index contributed by atoms with van der Waals surface area (Å²) >= 11 is 12.0. The van der Waals surface area contributed by atoms with E-state index in [1.165, 1.54) is 0 Å². The number of benzene rings is 1. The maximum absolute atomic E-state index is 10.1. The van der Waals surface area contributed by atoms with Gasteiger partial charge in [-0.25, -0.2) is 0 Å². The Balaban J connectivity index is 0.00000180. The maximum Gasteiger partial charge on any atom is 0.139 e. The molecule has 1 aliphatic heterocycles. The van der Waals surface area contributed by atoms with Gasteiger partial charge < -0.3 is 10.4 Å². The summed E-state index contributed by atoms with van der Waals surface area (Å²) in [7, 11) is 0. The van der Waals surface area contributed by atoms with Gasteiger partial charge in [0.05, 0.1) is 11.1 Å². The van der Waals surface area contributed by atoms with Crippen molar-refractivity contribution in [1.29, 1.82) is 0 Å². The van der Waals surface area contributed by atoms with Crippen LogP contribution in [0.15, 0.2) is 24.8 Å². The smallest absolute Gasteiger partial charge is 0.139 e. The van der Waals surface area contributed by atoms with E-state index in [1.807, 2.05) is 6.08 Å². The molecule has 114 valence electrons. The van der Waals surface area contributed by atoms with Crippen LogP contribution in [-0.4, -0.2) is 36.2 Å². The van der Waals surface area contributed by atoms with Gasteiger partial charge in [0.15, 0.2) is 0 Å². The molecule has 1 aliphatic rings. The average molecular weight is 360 g/mol. The van der Waals surface area contributed by atoms with E-state index in [0.29, 0.717) is 10.6 Å². The molecule has 2 rings (SSSR count). The largest absolute Gasteiger partial charge is 0.506 e. The van der Waals surface area contributed by atoms with Crippen LogP contribution in [0.4, 0.5) is 0 Å². The monoisotopic (exact) mass is 358 g/mol. The molecule has 1 fully saturated rings. The second kappa shape index (κ2) is 8.98. The molecule has 3 nitrogen and oxygen atoms in total. The van der Waals surface area contributed by atoms with E-state index in [9.17, 15) is 5.11 Å². The maximum atomic E-state index is 10.1. The molecule has 1 atom stereocenters. The molecule has 0 unspecified atom stereocenters. The molecule has 1 aromatic rings. The van der Waals surface area contributed by atoms with E-state index < -0.39 is 0 Å². The van der Waals surface area contributed by atoms with Gasteiger partial charge in [-0.2, -0.15) is 0 Å². The number of aromatic hydroxyl groups is 1. The summed E-state index contributed by atoms with van der Waals surface area (Å²) in [5.74, 6) is 0.0875. The SMILES string of the molecule is C=C[C@@H](c1cc(Cl)cc(Cl)c1O)N1CCNCC1.Cl.Cl. The summed E-state index contributed by atoms with van der Waals surface area (Å²) in [6, 6.07) is 3.22. The molecule has 0 radical (unpaired) electrons. The van der Waals surface area contributed by atoms with Crippen molar-refractivity contribution in [2.24, 2.45) is 0 Å². The predicted molar refractivity (Wildman–Crippen MR) is 90.0 cm³/mol. The number of nitrogens with zero attached hydrogens (tertiary/aromatic N) is 1. The summed E-state index contributed by atoms with van der Waals surface area (Å²) in [6.45, 7) is 7.52. The first kappa shape index (κ1) is 19.8. The van der Waals surface area contributed by atoms with Gasteiger partial charge in [0, 0.05) is 36.8 Å². The number of hydrogen-bond acceptors (Lipinski definition) is 3. The van der Waals surface area contributed by atoms with Gasteiger partial charge >= 0.3 is 0 Å². The van der Waals surface area contributed by atoms with Crippen LogP contribution in [0.25, 0.3) is 0 Å². The lowest BCUT2D eigenvalue weighted by Gasteiger charge is -2.33. The van der Waals surface area contributed by atoms with Crippen LogP contribution in [-0.2, 0) is 0 Å². The summed E-state index contributed by atoms with van der Waals surface area (Å²) < 4.78 is 0. The van der Waals surface area contributed by atoms with Crippen LogP contribution < -0.4 is 5.32 Å². The molecule has 0 saturated carbocycles. The fourth-order valence-corrected chi connectivity index (χ4v) is 2.75. The quantitative estimate of drug-likeness (QED) is 0.808. The summed E-state index contributed by atoms with van der Waals surface area (Å²) in [5, 5.41) is 14.2. The van der Waals surface area contributed by atoms with Crippen molar-refractivity contribution in [3.05, 3.63) is 40.4 Å². The lowest BCUT2D eigenvalue weighted by atomic mass is 10.0. The Morgan fingerprint density at radius 1 is 1.25 bits per heavy atom. The van der Waals surface area contributed by atoms with Gasteiger partial charge in [-0.1, -0.05) is 29.3 Å². The van der Waals surface area contributed by atoms with Gasteiger partial charge in [0.2, 0.25) is 0 Å². The second-order valence-corrected chi connectivity index (χ2v) is 5.14. The van der Waals surface area contributed by atoms with Gasteiger partial charge in [-0.05, 0) is 12.1 Å². The average Bonchev–Trinajstić information content (AvgIpc) is 2.37. The molecule has 1 heterocycles. The first-order valence-corrected chi connectivity index (χ1v) is 6.64. The Kier molecular flexibility index (Phi) is 8.91. The van der Waals surface area contributed by atoms with Gasteiger partial charge in [-0.15, -0.1) is 31.4 Å². The topological polar surface area (TPSA) is 35.5 Å². The molecule has 0 spiro atoms. The highest BCUT2D eigenvalue weighted by Gasteiger charge is 2.23. The number of halogens is 4. The zero-order chi connectivity index (χ0) is 13.1. The lowest BCUT2D eigenvalue weighted by Crippen LogP contribution is -2.44. The Morgan fingerprint density at radius 2 is 1.85 bits per heavy atom. The van der Waals surface area contributed by atoms with Crippen molar-refractivity contribution in [1.82, 2.24) is 10.2 Å². The van der Waals surface area contributed by atoms with Crippen molar-refractivity contribution in [2.45, 2.75) is 6.04 Å². The summed E-state index contributed by atoms with van der Waals surface area (Å²) in [4.78, 5) is 2.24. The van der Waals surface area contributed by atoms with Crippen LogP contribution in [0, 0.1) is 0 Å². The molecule has 20 heavy (non-hydrogen) atoms. The highest BCUT2D eigenvalue weighted by atomic mass is 35.5. The number of phenolic OH excluding ortho intramolecular Hbond substituents is 1. The van der Waals surface area contributed by atoms with Crippen molar-refractivity contribution >= 4 is 48.0 Å². The fourth-order valence-electron chi connectivity index (χ4n) is 2.24. The first-order valence-electron chi connectivity index (χ1n) is 5.88. The highest BCUT2D eigenvalue weighted by molar-refractivity contribution is 6.35. The molecule has 0 amide bonds. The second-order valence-electron chi connectivity index (χ2n) is 4.29. The highest BCUT2D eigenvalue weighted by Crippen LogP contribution is 2.37. The Hall–Kier alpha value is -0.160. The van der Waals surface area contributed by atoms with Crippen LogP contribution in [0.2, 0.25) is 10.0 Å². The number of piperazine rings is 1. The molecule has 7 heteroatoms. The van der Waals surface area contributed by atoms with Crippen molar-refractivity contribution in [3.63, 3.8) is 0 Å². The molecule has 0 aromatic heterocycles. The summed E-state index contributed by atoms with van der Waals surface area (Å²) in [6.07, 6.45) is 1.81. The van der Waals surface area contributed by atoms with E-state index in [2.05, 4.69) is 16.8 Å².